The molecule has 0 radical (unpaired) electrons. The van der Waals surface area contributed by atoms with Crippen LogP contribution in [-0.4, -0.2) is 36.3 Å². The van der Waals surface area contributed by atoms with Crippen LogP contribution >= 0.6 is 0 Å². The predicted molar refractivity (Wildman–Crippen MR) is 96.6 cm³/mol. The number of benzene rings is 1. The zero-order valence-corrected chi connectivity index (χ0v) is 15.1. The molecule has 1 heterocycles. The van der Waals surface area contributed by atoms with Gasteiger partial charge in [0.25, 0.3) is 0 Å². The number of nitrogens with one attached hydrogen (secondary N) is 1. The maximum Gasteiger partial charge on any atom is 0.225 e. The molecule has 1 aromatic rings. The Kier molecular flexibility index (Phi) is 7.89. The van der Waals surface area contributed by atoms with E-state index < -0.39 is 0 Å². The maximum atomic E-state index is 12.9. The van der Waals surface area contributed by atoms with Crippen LogP contribution in [-0.2, 0) is 16.0 Å². The molecule has 0 aromatic heterocycles. The van der Waals surface area contributed by atoms with E-state index in [4.69, 9.17) is 0 Å². The minimum Gasteiger partial charge on any atom is -0.356 e. The molecule has 0 saturated carbocycles. The summed E-state index contributed by atoms with van der Waals surface area (Å²) in [6, 6.07) is 6.33. The molecule has 4 nitrogen and oxygen atoms in total. The zero-order chi connectivity index (χ0) is 18.1. The Balaban J connectivity index is 1.68. The molecule has 2 amide bonds. The van der Waals surface area contributed by atoms with Gasteiger partial charge in [-0.15, -0.1) is 0 Å². The highest BCUT2D eigenvalue weighted by Gasteiger charge is 2.33. The van der Waals surface area contributed by atoms with Gasteiger partial charge in [-0.25, -0.2) is 4.39 Å². The van der Waals surface area contributed by atoms with E-state index in [0.29, 0.717) is 32.5 Å². The van der Waals surface area contributed by atoms with Crippen LogP contribution < -0.4 is 5.32 Å². The molecule has 0 aliphatic carbocycles. The topological polar surface area (TPSA) is 49.4 Å². The minimum atomic E-state index is -0.257. The molecule has 1 atom stereocenters. The summed E-state index contributed by atoms with van der Waals surface area (Å²) in [6.45, 7) is 3.94. The Labute approximate surface area is 149 Å². The Morgan fingerprint density at radius 3 is 2.64 bits per heavy atom. The number of unbranched alkanes of at least 4 members (excludes halogenated alkanes) is 4. The summed E-state index contributed by atoms with van der Waals surface area (Å²) in [5, 5.41) is 2.96. The summed E-state index contributed by atoms with van der Waals surface area (Å²) in [5.74, 6) is -0.470. The van der Waals surface area contributed by atoms with E-state index >= 15 is 0 Å². The zero-order valence-electron chi connectivity index (χ0n) is 15.1. The Morgan fingerprint density at radius 2 is 1.92 bits per heavy atom. The Hall–Kier alpha value is -1.91. The second-order valence-electron chi connectivity index (χ2n) is 6.82. The summed E-state index contributed by atoms with van der Waals surface area (Å²) in [7, 11) is 0. The van der Waals surface area contributed by atoms with Crippen molar-refractivity contribution in [1.29, 1.82) is 0 Å². The highest BCUT2D eigenvalue weighted by Crippen LogP contribution is 2.18. The molecule has 25 heavy (non-hydrogen) atoms. The molecular weight excluding hydrogens is 319 g/mol. The fourth-order valence-electron chi connectivity index (χ4n) is 3.16. The van der Waals surface area contributed by atoms with E-state index in [-0.39, 0.29) is 23.5 Å². The Morgan fingerprint density at radius 1 is 1.20 bits per heavy atom. The number of hydrogen-bond acceptors (Lipinski definition) is 2. The molecule has 0 spiro atoms. The highest BCUT2D eigenvalue weighted by atomic mass is 19.1. The molecule has 1 unspecified atom stereocenters. The fourth-order valence-corrected chi connectivity index (χ4v) is 3.16. The van der Waals surface area contributed by atoms with Gasteiger partial charge < -0.3 is 10.2 Å². The summed E-state index contributed by atoms with van der Waals surface area (Å²) in [4.78, 5) is 26.0. The van der Waals surface area contributed by atoms with Crippen molar-refractivity contribution in [3.8, 4) is 0 Å². The summed E-state index contributed by atoms with van der Waals surface area (Å²) in [6.07, 6.45) is 6.79. The maximum absolute atomic E-state index is 12.9. The van der Waals surface area contributed by atoms with Crippen molar-refractivity contribution < 1.29 is 14.0 Å². The van der Waals surface area contributed by atoms with Crippen LogP contribution in [0, 0.1) is 11.7 Å². The van der Waals surface area contributed by atoms with Gasteiger partial charge in [0.1, 0.15) is 5.82 Å². The van der Waals surface area contributed by atoms with Gasteiger partial charge in [0.05, 0.1) is 5.92 Å². The number of rotatable bonds is 10. The third kappa shape index (κ3) is 6.48. The average molecular weight is 348 g/mol. The van der Waals surface area contributed by atoms with Gasteiger partial charge in [-0.2, -0.15) is 0 Å². The van der Waals surface area contributed by atoms with Crippen LogP contribution in [0.3, 0.4) is 0 Å². The minimum absolute atomic E-state index is 0.00637. The third-order valence-corrected chi connectivity index (χ3v) is 4.75. The SMILES string of the molecule is CCCCCCCNC(=O)C1CC(=O)N(CCc2ccc(F)cc2)C1. The number of carbonyl (C=O) groups is 2. The van der Waals surface area contributed by atoms with E-state index in [1.165, 1.54) is 31.4 Å². The van der Waals surface area contributed by atoms with Crippen molar-refractivity contribution in [3.05, 3.63) is 35.6 Å². The van der Waals surface area contributed by atoms with Gasteiger partial charge in [-0.1, -0.05) is 44.7 Å². The quantitative estimate of drug-likeness (QED) is 0.660. The summed E-state index contributed by atoms with van der Waals surface area (Å²) in [5.41, 5.74) is 0.995. The third-order valence-electron chi connectivity index (χ3n) is 4.75. The van der Waals surface area contributed by atoms with Gasteiger partial charge >= 0.3 is 0 Å². The van der Waals surface area contributed by atoms with Gasteiger partial charge in [0.2, 0.25) is 11.8 Å². The Bertz CT molecular complexity index is 559. The lowest BCUT2D eigenvalue weighted by molar-refractivity contribution is -0.129. The van der Waals surface area contributed by atoms with E-state index in [1.807, 2.05) is 0 Å². The van der Waals surface area contributed by atoms with Crippen molar-refractivity contribution in [3.63, 3.8) is 0 Å². The normalized spacial score (nSPS) is 17.1. The molecule has 1 N–H and O–H groups in total. The molecule has 1 aliphatic heterocycles. The van der Waals surface area contributed by atoms with Crippen LogP contribution in [0.2, 0.25) is 0 Å². The van der Waals surface area contributed by atoms with Crippen molar-refractivity contribution in [1.82, 2.24) is 10.2 Å². The van der Waals surface area contributed by atoms with E-state index in [1.54, 1.807) is 17.0 Å². The van der Waals surface area contributed by atoms with E-state index in [0.717, 1.165) is 18.4 Å². The average Bonchev–Trinajstić information content (AvgIpc) is 2.98. The number of hydrogen-bond donors (Lipinski definition) is 1. The predicted octanol–water partition coefficient (Wildman–Crippen LogP) is 3.30. The van der Waals surface area contributed by atoms with Gasteiger partial charge in [0.15, 0.2) is 0 Å². The van der Waals surface area contributed by atoms with Crippen LogP contribution in [0.1, 0.15) is 51.0 Å². The van der Waals surface area contributed by atoms with Crippen molar-refractivity contribution in [2.75, 3.05) is 19.6 Å². The van der Waals surface area contributed by atoms with Gasteiger partial charge in [0, 0.05) is 26.1 Å². The molecule has 1 aromatic carbocycles. The molecule has 1 aliphatic rings. The first-order valence-corrected chi connectivity index (χ1v) is 9.40. The summed E-state index contributed by atoms with van der Waals surface area (Å²) < 4.78 is 12.9. The number of halogens is 1. The molecule has 0 bridgehead atoms. The van der Waals surface area contributed by atoms with Crippen molar-refractivity contribution in [2.24, 2.45) is 5.92 Å². The van der Waals surface area contributed by atoms with Gasteiger partial charge in [-0.3, -0.25) is 9.59 Å². The second kappa shape index (κ2) is 10.2. The number of amides is 2. The molecule has 2 rings (SSSR count). The number of nitrogens with zero attached hydrogens (tertiary/aromatic N) is 1. The van der Waals surface area contributed by atoms with Crippen LogP contribution in [0.5, 0.6) is 0 Å². The second-order valence-corrected chi connectivity index (χ2v) is 6.82. The molecular formula is C20H29FN2O2. The lowest BCUT2D eigenvalue weighted by Gasteiger charge is -2.16. The van der Waals surface area contributed by atoms with Crippen molar-refractivity contribution in [2.45, 2.75) is 51.9 Å². The van der Waals surface area contributed by atoms with Crippen LogP contribution in [0.25, 0.3) is 0 Å². The van der Waals surface area contributed by atoms with Crippen LogP contribution in [0.15, 0.2) is 24.3 Å². The smallest absolute Gasteiger partial charge is 0.225 e. The standard InChI is InChI=1S/C20H29FN2O2/c1-2-3-4-5-6-12-22-20(25)17-14-19(24)23(15-17)13-11-16-7-9-18(21)10-8-16/h7-10,17H,2-6,11-15H2,1H3,(H,22,25). The first-order valence-electron chi connectivity index (χ1n) is 9.40. The van der Waals surface area contributed by atoms with E-state index in [2.05, 4.69) is 12.2 Å². The first kappa shape index (κ1) is 19.4. The largest absolute Gasteiger partial charge is 0.356 e. The molecule has 1 saturated heterocycles. The van der Waals surface area contributed by atoms with Gasteiger partial charge in [-0.05, 0) is 30.5 Å². The lowest BCUT2D eigenvalue weighted by atomic mass is 10.1. The monoisotopic (exact) mass is 348 g/mol. The first-order chi connectivity index (χ1) is 12.1. The van der Waals surface area contributed by atoms with Crippen molar-refractivity contribution >= 4 is 11.8 Å². The van der Waals surface area contributed by atoms with E-state index in [9.17, 15) is 14.0 Å². The lowest BCUT2D eigenvalue weighted by Crippen LogP contribution is -2.34. The fraction of sp³-hybridized carbons (Fsp3) is 0.600. The molecule has 138 valence electrons. The summed E-state index contributed by atoms with van der Waals surface area (Å²) >= 11 is 0. The molecule has 1 fully saturated rings. The van der Waals surface area contributed by atoms with Crippen LogP contribution in [0.4, 0.5) is 4.39 Å². The molecule has 5 heteroatoms. The number of carbonyl (C=O) groups excluding carboxylic acids is 2. The highest BCUT2D eigenvalue weighted by molar-refractivity contribution is 5.89. The number of likely N-dealkylation sites (tertiary alicyclic amines) is 1.